The molecule has 20 heavy (non-hydrogen) atoms. The summed E-state index contributed by atoms with van der Waals surface area (Å²) < 4.78 is 0. The molecule has 104 valence electrons. The summed E-state index contributed by atoms with van der Waals surface area (Å²) >= 11 is 6.21. The number of benzene rings is 1. The first-order valence-corrected chi connectivity index (χ1v) is 7.13. The first-order valence-electron chi connectivity index (χ1n) is 6.69. The zero-order valence-electron chi connectivity index (χ0n) is 10.9. The summed E-state index contributed by atoms with van der Waals surface area (Å²) in [6.07, 6.45) is 4.02. The van der Waals surface area contributed by atoms with E-state index in [0.29, 0.717) is 5.52 Å². The summed E-state index contributed by atoms with van der Waals surface area (Å²) in [4.78, 5) is 19.0. The number of anilines is 1. The Kier molecular flexibility index (Phi) is 3.69. The van der Waals surface area contributed by atoms with Gasteiger partial charge >= 0.3 is 0 Å². The number of alkyl halides is 1. The number of hydrazone groups is 1. The predicted octanol–water partition coefficient (Wildman–Crippen LogP) is 2.87. The number of hydrogen-bond donors (Lipinski definition) is 2. The normalized spacial score (nSPS) is 21.2. The molecule has 0 spiro atoms. The fourth-order valence-corrected chi connectivity index (χ4v) is 2.62. The maximum Gasteiger partial charge on any atom is 0.293 e. The summed E-state index contributed by atoms with van der Waals surface area (Å²) in [5.41, 5.74) is 4.80. The van der Waals surface area contributed by atoms with Crippen molar-refractivity contribution in [2.45, 2.75) is 31.1 Å². The van der Waals surface area contributed by atoms with Gasteiger partial charge in [-0.15, -0.1) is 11.6 Å². The van der Waals surface area contributed by atoms with Gasteiger partial charge in [-0.3, -0.25) is 10.2 Å². The monoisotopic (exact) mass is 290 g/mol. The molecule has 1 aliphatic rings. The van der Waals surface area contributed by atoms with Crippen LogP contribution in [0.1, 0.15) is 25.7 Å². The van der Waals surface area contributed by atoms with Gasteiger partial charge in [-0.1, -0.05) is 18.6 Å². The van der Waals surface area contributed by atoms with Gasteiger partial charge in [0.25, 0.3) is 5.56 Å². The number of nitrogens with zero attached hydrogens (tertiary/aromatic N) is 2. The lowest BCUT2D eigenvalue weighted by molar-refractivity contribution is 0.669. The van der Waals surface area contributed by atoms with Crippen LogP contribution in [0.4, 0.5) is 5.82 Å². The SMILES string of the molecule is O=c1[nH]c2ccccc2nc1N/N=C1\CCCCC1Cl. The van der Waals surface area contributed by atoms with Crippen molar-refractivity contribution >= 4 is 34.2 Å². The van der Waals surface area contributed by atoms with Crippen molar-refractivity contribution < 1.29 is 0 Å². The first-order chi connectivity index (χ1) is 9.74. The molecular weight excluding hydrogens is 276 g/mol. The van der Waals surface area contributed by atoms with Crippen LogP contribution in [0, 0.1) is 0 Å². The zero-order chi connectivity index (χ0) is 13.9. The molecule has 0 radical (unpaired) electrons. The Morgan fingerprint density at radius 1 is 1.35 bits per heavy atom. The topological polar surface area (TPSA) is 70.1 Å². The van der Waals surface area contributed by atoms with Crippen LogP contribution in [0.2, 0.25) is 0 Å². The van der Waals surface area contributed by atoms with E-state index in [1.54, 1.807) is 0 Å². The fourth-order valence-electron chi connectivity index (χ4n) is 2.31. The Morgan fingerprint density at radius 3 is 3.05 bits per heavy atom. The number of rotatable bonds is 2. The Morgan fingerprint density at radius 2 is 2.20 bits per heavy atom. The molecule has 1 fully saturated rings. The number of H-pyrrole nitrogens is 1. The second kappa shape index (κ2) is 5.63. The van der Waals surface area contributed by atoms with Gasteiger partial charge in [-0.05, 0) is 31.4 Å². The van der Waals surface area contributed by atoms with Gasteiger partial charge in [-0.25, -0.2) is 4.98 Å². The highest BCUT2D eigenvalue weighted by Gasteiger charge is 2.18. The van der Waals surface area contributed by atoms with Gasteiger partial charge < -0.3 is 4.98 Å². The van der Waals surface area contributed by atoms with E-state index in [0.717, 1.165) is 36.9 Å². The van der Waals surface area contributed by atoms with Crippen LogP contribution in [0.5, 0.6) is 0 Å². The van der Waals surface area contributed by atoms with E-state index in [4.69, 9.17) is 11.6 Å². The van der Waals surface area contributed by atoms with Crippen molar-refractivity contribution in [1.29, 1.82) is 0 Å². The number of aromatic nitrogens is 2. The van der Waals surface area contributed by atoms with E-state index < -0.39 is 0 Å². The van der Waals surface area contributed by atoms with Gasteiger partial charge in [0.1, 0.15) is 0 Å². The molecule has 2 aromatic rings. The van der Waals surface area contributed by atoms with Crippen LogP contribution < -0.4 is 11.0 Å². The highest BCUT2D eigenvalue weighted by atomic mass is 35.5. The van der Waals surface area contributed by atoms with E-state index >= 15 is 0 Å². The van der Waals surface area contributed by atoms with Gasteiger partial charge in [0, 0.05) is 0 Å². The minimum atomic E-state index is -0.282. The lowest BCUT2D eigenvalue weighted by Gasteiger charge is -2.18. The third-order valence-electron chi connectivity index (χ3n) is 3.41. The van der Waals surface area contributed by atoms with E-state index in [1.807, 2.05) is 24.3 Å². The lowest BCUT2D eigenvalue weighted by atomic mass is 9.98. The number of nitrogens with one attached hydrogen (secondary N) is 2. The van der Waals surface area contributed by atoms with E-state index in [-0.39, 0.29) is 16.8 Å². The molecule has 6 heteroatoms. The summed E-state index contributed by atoms with van der Waals surface area (Å²) in [7, 11) is 0. The van der Waals surface area contributed by atoms with Crippen LogP contribution in [0.3, 0.4) is 0 Å². The molecule has 1 unspecified atom stereocenters. The molecule has 1 aliphatic carbocycles. The third-order valence-corrected chi connectivity index (χ3v) is 3.88. The van der Waals surface area contributed by atoms with Crippen molar-refractivity contribution in [3.63, 3.8) is 0 Å². The molecule has 0 saturated heterocycles. The molecular formula is C14H15ClN4O. The standard InChI is InChI=1S/C14H15ClN4O/c15-9-5-1-2-6-10(9)18-19-13-14(20)17-12-8-4-3-7-11(12)16-13/h3-4,7-9H,1-2,5-6H2,(H,16,19)(H,17,20)/b18-10+. The van der Waals surface area contributed by atoms with Crippen molar-refractivity contribution in [3.05, 3.63) is 34.6 Å². The summed E-state index contributed by atoms with van der Waals surface area (Å²) in [5, 5.41) is 4.21. The number of fused-ring (bicyclic) bond motifs is 1. The van der Waals surface area contributed by atoms with Crippen LogP contribution in [-0.4, -0.2) is 21.1 Å². The molecule has 0 aliphatic heterocycles. The van der Waals surface area contributed by atoms with Gasteiger partial charge in [0.2, 0.25) is 5.82 Å². The minimum Gasteiger partial charge on any atom is -0.317 e. The van der Waals surface area contributed by atoms with Crippen LogP contribution >= 0.6 is 11.6 Å². The van der Waals surface area contributed by atoms with Crippen molar-refractivity contribution in [1.82, 2.24) is 9.97 Å². The maximum absolute atomic E-state index is 11.9. The van der Waals surface area contributed by atoms with Crippen LogP contribution in [0.25, 0.3) is 11.0 Å². The molecule has 1 heterocycles. The Balaban J connectivity index is 1.89. The van der Waals surface area contributed by atoms with Crippen LogP contribution in [0.15, 0.2) is 34.2 Å². The number of hydrogen-bond acceptors (Lipinski definition) is 4. The van der Waals surface area contributed by atoms with Crippen molar-refractivity contribution in [2.75, 3.05) is 5.43 Å². The molecule has 2 N–H and O–H groups in total. The summed E-state index contributed by atoms with van der Waals surface area (Å²) in [5.74, 6) is 0.200. The predicted molar refractivity (Wildman–Crippen MR) is 81.5 cm³/mol. The molecule has 1 saturated carbocycles. The van der Waals surface area contributed by atoms with Gasteiger partial charge in [0.05, 0.1) is 22.1 Å². The number of aromatic amines is 1. The molecule has 0 amide bonds. The van der Waals surface area contributed by atoms with Gasteiger partial charge in [0.15, 0.2) is 0 Å². The third kappa shape index (κ3) is 2.67. The molecule has 1 atom stereocenters. The van der Waals surface area contributed by atoms with E-state index in [1.165, 1.54) is 0 Å². The molecule has 0 bridgehead atoms. The average molecular weight is 291 g/mol. The number of halogens is 1. The number of para-hydroxylation sites is 2. The highest BCUT2D eigenvalue weighted by Crippen LogP contribution is 2.20. The smallest absolute Gasteiger partial charge is 0.293 e. The minimum absolute atomic E-state index is 0.0456. The highest BCUT2D eigenvalue weighted by molar-refractivity contribution is 6.32. The van der Waals surface area contributed by atoms with Crippen LogP contribution in [-0.2, 0) is 0 Å². The van der Waals surface area contributed by atoms with Crippen molar-refractivity contribution in [3.8, 4) is 0 Å². The molecule has 1 aromatic carbocycles. The maximum atomic E-state index is 11.9. The van der Waals surface area contributed by atoms with Crippen molar-refractivity contribution in [2.24, 2.45) is 5.10 Å². The Hall–Kier alpha value is -1.88. The second-order valence-corrected chi connectivity index (χ2v) is 5.39. The quantitative estimate of drug-likeness (QED) is 0.660. The summed E-state index contributed by atoms with van der Waals surface area (Å²) in [6.45, 7) is 0. The van der Waals surface area contributed by atoms with E-state index in [2.05, 4.69) is 20.5 Å². The zero-order valence-corrected chi connectivity index (χ0v) is 11.7. The average Bonchev–Trinajstić information content (AvgIpc) is 2.46. The second-order valence-electron chi connectivity index (χ2n) is 4.86. The fraction of sp³-hybridized carbons (Fsp3) is 0.357. The largest absolute Gasteiger partial charge is 0.317 e. The summed E-state index contributed by atoms with van der Waals surface area (Å²) in [6, 6.07) is 7.39. The lowest BCUT2D eigenvalue weighted by Crippen LogP contribution is -2.22. The van der Waals surface area contributed by atoms with E-state index in [9.17, 15) is 4.79 Å². The molecule has 1 aromatic heterocycles. The first kappa shape index (κ1) is 13.1. The molecule has 5 nitrogen and oxygen atoms in total. The molecule has 3 rings (SSSR count). The Labute approximate surface area is 121 Å². The van der Waals surface area contributed by atoms with Gasteiger partial charge in [-0.2, -0.15) is 5.10 Å². The Bertz CT molecular complexity index is 710.